The summed E-state index contributed by atoms with van der Waals surface area (Å²) < 4.78 is 37.6. The van der Waals surface area contributed by atoms with E-state index < -0.39 is 11.9 Å². The van der Waals surface area contributed by atoms with Crippen LogP contribution in [0.1, 0.15) is 17.7 Å². The number of hydrogen-bond donors (Lipinski definition) is 1. The Kier molecular flexibility index (Phi) is 5.76. The zero-order chi connectivity index (χ0) is 17.6. The van der Waals surface area contributed by atoms with E-state index in [2.05, 4.69) is 15.3 Å². The molecule has 0 radical (unpaired) electrons. The third-order valence-electron chi connectivity index (χ3n) is 2.76. The fourth-order valence-electron chi connectivity index (χ4n) is 1.69. The van der Waals surface area contributed by atoms with Crippen LogP contribution in [-0.4, -0.2) is 21.6 Å². The Balaban J connectivity index is 1.86. The van der Waals surface area contributed by atoms with Crippen LogP contribution in [-0.2, 0) is 11.0 Å². The van der Waals surface area contributed by atoms with Crippen LogP contribution in [0.4, 0.5) is 18.9 Å². The molecule has 0 aliphatic heterocycles. The van der Waals surface area contributed by atoms with Crippen LogP contribution in [0.25, 0.3) is 0 Å². The minimum atomic E-state index is -4.53. The molecule has 1 aromatic carbocycles. The fraction of sp³-hybridized carbons (Fsp3) is 0.200. The number of aromatic nitrogens is 2. The first kappa shape index (κ1) is 17.7. The summed E-state index contributed by atoms with van der Waals surface area (Å²) in [7, 11) is 0. The van der Waals surface area contributed by atoms with Gasteiger partial charge in [-0.2, -0.15) is 18.4 Å². The molecule has 5 nitrogen and oxygen atoms in total. The number of benzene rings is 1. The van der Waals surface area contributed by atoms with Crippen molar-refractivity contribution in [3.63, 3.8) is 0 Å². The van der Waals surface area contributed by atoms with E-state index in [4.69, 9.17) is 5.26 Å². The number of thioether (sulfide) groups is 1. The molecule has 0 saturated heterocycles. The Bertz CT molecular complexity index is 774. The van der Waals surface area contributed by atoms with Gasteiger partial charge in [0.25, 0.3) is 0 Å². The Morgan fingerprint density at radius 3 is 2.83 bits per heavy atom. The number of anilines is 1. The summed E-state index contributed by atoms with van der Waals surface area (Å²) in [4.78, 5) is 18.9. The van der Waals surface area contributed by atoms with Crippen molar-refractivity contribution < 1.29 is 18.0 Å². The highest BCUT2D eigenvalue weighted by atomic mass is 32.2. The van der Waals surface area contributed by atoms with E-state index in [1.165, 1.54) is 6.07 Å². The van der Waals surface area contributed by atoms with Gasteiger partial charge in [0.2, 0.25) is 5.91 Å². The molecule has 1 amide bonds. The summed E-state index contributed by atoms with van der Waals surface area (Å²) in [5, 5.41) is 11.4. The molecule has 0 spiro atoms. The van der Waals surface area contributed by atoms with Gasteiger partial charge in [0.05, 0.1) is 11.6 Å². The van der Waals surface area contributed by atoms with Crippen molar-refractivity contribution in [2.45, 2.75) is 17.8 Å². The number of carbonyl (C=O) groups excluding carboxylic acids is 1. The van der Waals surface area contributed by atoms with Crippen molar-refractivity contribution in [2.24, 2.45) is 0 Å². The Morgan fingerprint density at radius 1 is 1.33 bits per heavy atom. The number of halogens is 3. The van der Waals surface area contributed by atoms with Crippen molar-refractivity contribution in [2.75, 3.05) is 11.1 Å². The van der Waals surface area contributed by atoms with Crippen molar-refractivity contribution in [1.82, 2.24) is 9.97 Å². The highest BCUT2D eigenvalue weighted by Gasteiger charge is 2.32. The molecule has 1 heterocycles. The molecule has 2 rings (SSSR count). The van der Waals surface area contributed by atoms with Crippen LogP contribution in [0, 0.1) is 11.3 Å². The van der Waals surface area contributed by atoms with Crippen LogP contribution < -0.4 is 5.32 Å². The van der Waals surface area contributed by atoms with Gasteiger partial charge < -0.3 is 5.32 Å². The minimum Gasteiger partial charge on any atom is -0.326 e. The van der Waals surface area contributed by atoms with Crippen LogP contribution >= 0.6 is 11.8 Å². The number of amides is 1. The lowest BCUT2D eigenvalue weighted by atomic mass is 10.2. The molecule has 2 aromatic rings. The largest absolute Gasteiger partial charge is 0.433 e. The molecule has 9 heteroatoms. The first-order valence-electron chi connectivity index (χ1n) is 6.71. The van der Waals surface area contributed by atoms with Gasteiger partial charge in [0.15, 0.2) is 5.16 Å². The van der Waals surface area contributed by atoms with Gasteiger partial charge >= 0.3 is 6.18 Å². The zero-order valence-electron chi connectivity index (χ0n) is 12.2. The molecule has 0 unspecified atom stereocenters. The Hall–Kier alpha value is -2.60. The van der Waals surface area contributed by atoms with Crippen molar-refractivity contribution in [1.29, 1.82) is 5.26 Å². The summed E-state index contributed by atoms with van der Waals surface area (Å²) in [5.74, 6) is -0.0880. The minimum absolute atomic E-state index is 0.0379. The maximum Gasteiger partial charge on any atom is 0.433 e. The van der Waals surface area contributed by atoms with E-state index >= 15 is 0 Å². The fourth-order valence-corrected chi connectivity index (χ4v) is 2.46. The summed E-state index contributed by atoms with van der Waals surface area (Å²) in [5.41, 5.74) is -0.114. The van der Waals surface area contributed by atoms with E-state index in [9.17, 15) is 18.0 Å². The lowest BCUT2D eigenvalue weighted by Crippen LogP contribution is -2.12. The van der Waals surface area contributed by atoms with Crippen molar-refractivity contribution in [3.8, 4) is 6.07 Å². The topological polar surface area (TPSA) is 78.7 Å². The van der Waals surface area contributed by atoms with E-state index in [1.807, 2.05) is 6.07 Å². The number of nitrogens with one attached hydrogen (secondary N) is 1. The normalized spacial score (nSPS) is 10.9. The average molecular weight is 352 g/mol. The zero-order valence-corrected chi connectivity index (χ0v) is 13.0. The van der Waals surface area contributed by atoms with Crippen LogP contribution in [0.5, 0.6) is 0 Å². The molecule has 0 aliphatic rings. The van der Waals surface area contributed by atoms with Gasteiger partial charge in [0.1, 0.15) is 5.69 Å². The highest BCUT2D eigenvalue weighted by molar-refractivity contribution is 7.99. The molecule has 0 bridgehead atoms. The second-order valence-corrected chi connectivity index (χ2v) is 5.62. The molecular formula is C15H11F3N4OS. The van der Waals surface area contributed by atoms with Gasteiger partial charge in [0, 0.05) is 24.1 Å². The molecule has 24 heavy (non-hydrogen) atoms. The third-order valence-corrected chi connectivity index (χ3v) is 3.62. The van der Waals surface area contributed by atoms with Gasteiger partial charge in [-0.25, -0.2) is 9.97 Å². The summed E-state index contributed by atoms with van der Waals surface area (Å²) in [6, 6.07) is 9.16. The van der Waals surface area contributed by atoms with E-state index in [0.717, 1.165) is 24.0 Å². The third kappa shape index (κ3) is 5.24. The molecule has 0 saturated carbocycles. The summed E-state index contributed by atoms with van der Waals surface area (Å²) in [6.07, 6.45) is -3.42. The number of carbonyl (C=O) groups is 1. The van der Waals surface area contributed by atoms with Gasteiger partial charge in [-0.3, -0.25) is 4.79 Å². The van der Waals surface area contributed by atoms with Crippen molar-refractivity contribution >= 4 is 23.4 Å². The molecule has 1 aromatic heterocycles. The first-order valence-corrected chi connectivity index (χ1v) is 7.70. The number of alkyl halides is 3. The summed E-state index contributed by atoms with van der Waals surface area (Å²) >= 11 is 0.962. The van der Waals surface area contributed by atoms with Crippen LogP contribution in [0.2, 0.25) is 0 Å². The van der Waals surface area contributed by atoms with E-state index in [1.54, 1.807) is 18.2 Å². The molecular weight excluding hydrogens is 341 g/mol. The average Bonchev–Trinajstić information content (AvgIpc) is 2.54. The van der Waals surface area contributed by atoms with Gasteiger partial charge in [-0.1, -0.05) is 17.8 Å². The number of nitrogens with zero attached hydrogens (tertiary/aromatic N) is 3. The quantitative estimate of drug-likeness (QED) is 0.658. The Morgan fingerprint density at radius 2 is 2.12 bits per heavy atom. The van der Waals surface area contributed by atoms with E-state index in [0.29, 0.717) is 11.3 Å². The van der Waals surface area contributed by atoms with Gasteiger partial charge in [-0.05, 0) is 24.3 Å². The number of rotatable bonds is 5. The van der Waals surface area contributed by atoms with E-state index in [-0.39, 0.29) is 23.2 Å². The first-order chi connectivity index (χ1) is 11.4. The van der Waals surface area contributed by atoms with Crippen molar-refractivity contribution in [3.05, 3.63) is 47.8 Å². The molecule has 0 aliphatic carbocycles. The molecule has 0 atom stereocenters. The molecule has 124 valence electrons. The molecule has 0 fully saturated rings. The second-order valence-electron chi connectivity index (χ2n) is 4.56. The highest BCUT2D eigenvalue weighted by Crippen LogP contribution is 2.28. The number of nitriles is 1. The van der Waals surface area contributed by atoms with Crippen LogP contribution in [0.15, 0.2) is 41.7 Å². The maximum atomic E-state index is 12.5. The lowest BCUT2D eigenvalue weighted by molar-refractivity contribution is -0.141. The smallest absolute Gasteiger partial charge is 0.326 e. The summed E-state index contributed by atoms with van der Waals surface area (Å²) in [6.45, 7) is 0. The predicted octanol–water partition coefficient (Wildman–Crippen LogP) is 3.49. The number of hydrogen-bond acceptors (Lipinski definition) is 5. The molecule has 1 N–H and O–H groups in total. The predicted molar refractivity (Wildman–Crippen MR) is 82.2 cm³/mol. The van der Waals surface area contributed by atoms with Gasteiger partial charge in [-0.15, -0.1) is 0 Å². The lowest BCUT2D eigenvalue weighted by Gasteiger charge is -2.07. The van der Waals surface area contributed by atoms with Crippen LogP contribution in [0.3, 0.4) is 0 Å². The standard InChI is InChI=1S/C15H11F3N4OS/c16-15(17,18)12-4-6-20-14(22-12)24-7-5-13(23)21-11-3-1-2-10(8-11)9-19/h1-4,6,8H,5,7H2,(H,21,23). The SMILES string of the molecule is N#Cc1cccc(NC(=O)CCSc2nccc(C(F)(F)F)n2)c1. The Labute approximate surface area is 139 Å². The maximum absolute atomic E-state index is 12.5. The second kappa shape index (κ2) is 7.79. The monoisotopic (exact) mass is 352 g/mol.